The lowest BCUT2D eigenvalue weighted by molar-refractivity contribution is -0.157. The highest BCUT2D eigenvalue weighted by molar-refractivity contribution is 9.10. The van der Waals surface area contributed by atoms with Crippen molar-refractivity contribution in [2.24, 2.45) is 0 Å². The van der Waals surface area contributed by atoms with Crippen LogP contribution in [0.2, 0.25) is 0 Å². The Balaban J connectivity index is 3.23. The van der Waals surface area contributed by atoms with Crippen molar-refractivity contribution in [3.63, 3.8) is 0 Å². The molecule has 0 saturated carbocycles. The maximum Gasteiger partial charge on any atom is 0.413 e. The second kappa shape index (κ2) is 8.67. The van der Waals surface area contributed by atoms with Crippen LogP contribution in [-0.4, -0.2) is 49.1 Å². The van der Waals surface area contributed by atoms with Gasteiger partial charge in [0.05, 0.1) is 7.11 Å². The Labute approximate surface area is 157 Å². The van der Waals surface area contributed by atoms with Crippen LogP contribution in [0, 0.1) is 0 Å². The molecule has 0 heterocycles. The standard InChI is InChI=1S/C18H26BrNO5/c1-17(2,3)25-16(22)20(12-23-5)18(4,15(21)24-6)11-13-7-9-14(19)10-8-13/h7-10H,11-12H2,1-6H3/t18-/m0/s1. The van der Waals surface area contributed by atoms with Crippen LogP contribution in [0.4, 0.5) is 4.79 Å². The third kappa shape index (κ3) is 6.01. The summed E-state index contributed by atoms with van der Waals surface area (Å²) in [5.74, 6) is -0.543. The molecule has 1 rings (SSSR count). The first kappa shape index (κ1) is 21.4. The number of nitrogens with zero attached hydrogens (tertiary/aromatic N) is 1. The summed E-state index contributed by atoms with van der Waals surface area (Å²) in [6.07, 6.45) is -0.380. The molecule has 0 saturated heterocycles. The molecule has 0 aromatic heterocycles. The maximum absolute atomic E-state index is 12.7. The van der Waals surface area contributed by atoms with E-state index in [0.717, 1.165) is 10.0 Å². The lowest BCUT2D eigenvalue weighted by atomic mass is 9.91. The average molecular weight is 416 g/mol. The van der Waals surface area contributed by atoms with E-state index < -0.39 is 23.2 Å². The summed E-state index contributed by atoms with van der Waals surface area (Å²) in [5.41, 5.74) is -1.10. The third-order valence-electron chi connectivity index (χ3n) is 3.55. The van der Waals surface area contributed by atoms with E-state index in [0.29, 0.717) is 0 Å². The Hall–Kier alpha value is -1.60. The van der Waals surface area contributed by atoms with Gasteiger partial charge in [-0.15, -0.1) is 0 Å². The Morgan fingerprint density at radius 3 is 2.08 bits per heavy atom. The average Bonchev–Trinajstić information content (AvgIpc) is 2.52. The summed E-state index contributed by atoms with van der Waals surface area (Å²) in [6.45, 7) is 6.83. The van der Waals surface area contributed by atoms with Gasteiger partial charge in [-0.2, -0.15) is 0 Å². The fourth-order valence-electron chi connectivity index (χ4n) is 2.34. The zero-order valence-electron chi connectivity index (χ0n) is 15.6. The minimum absolute atomic E-state index is 0.100. The van der Waals surface area contributed by atoms with Gasteiger partial charge in [-0.05, 0) is 45.4 Å². The molecule has 1 aromatic carbocycles. The molecule has 0 fully saturated rings. The molecule has 7 heteroatoms. The summed E-state index contributed by atoms with van der Waals surface area (Å²) in [4.78, 5) is 26.5. The molecule has 0 aliphatic rings. The van der Waals surface area contributed by atoms with Crippen molar-refractivity contribution in [2.75, 3.05) is 21.0 Å². The van der Waals surface area contributed by atoms with Gasteiger partial charge in [0, 0.05) is 18.0 Å². The normalized spacial score (nSPS) is 13.7. The highest BCUT2D eigenvalue weighted by atomic mass is 79.9. The Kier molecular flexibility index (Phi) is 7.44. The number of esters is 1. The van der Waals surface area contributed by atoms with Crippen LogP contribution >= 0.6 is 15.9 Å². The summed E-state index contributed by atoms with van der Waals surface area (Å²) >= 11 is 3.38. The highest BCUT2D eigenvalue weighted by Gasteiger charge is 2.45. The number of halogens is 1. The van der Waals surface area contributed by atoms with Crippen LogP contribution in [0.1, 0.15) is 33.3 Å². The Bertz CT molecular complexity index is 596. The minimum Gasteiger partial charge on any atom is -0.467 e. The van der Waals surface area contributed by atoms with E-state index in [1.807, 2.05) is 24.3 Å². The van der Waals surface area contributed by atoms with E-state index >= 15 is 0 Å². The first-order valence-corrected chi connectivity index (χ1v) is 8.65. The van der Waals surface area contributed by atoms with Crippen LogP contribution in [0.15, 0.2) is 28.7 Å². The van der Waals surface area contributed by atoms with E-state index in [4.69, 9.17) is 14.2 Å². The number of methoxy groups -OCH3 is 2. The molecule has 140 valence electrons. The van der Waals surface area contributed by atoms with Crippen molar-refractivity contribution in [1.29, 1.82) is 0 Å². The van der Waals surface area contributed by atoms with Gasteiger partial charge in [-0.1, -0.05) is 28.1 Å². The van der Waals surface area contributed by atoms with E-state index in [1.54, 1.807) is 27.7 Å². The van der Waals surface area contributed by atoms with Crippen molar-refractivity contribution in [3.8, 4) is 0 Å². The molecule has 0 radical (unpaired) electrons. The summed E-state index contributed by atoms with van der Waals surface area (Å²) < 4.78 is 16.5. The summed E-state index contributed by atoms with van der Waals surface area (Å²) in [7, 11) is 2.75. The molecule has 1 aromatic rings. The molecule has 6 nitrogen and oxygen atoms in total. The Morgan fingerprint density at radius 1 is 1.08 bits per heavy atom. The third-order valence-corrected chi connectivity index (χ3v) is 4.08. The predicted octanol–water partition coefficient (Wildman–Crippen LogP) is 3.76. The molecule has 0 N–H and O–H groups in total. The van der Waals surface area contributed by atoms with E-state index in [1.165, 1.54) is 19.1 Å². The van der Waals surface area contributed by atoms with Crippen molar-refractivity contribution in [3.05, 3.63) is 34.3 Å². The van der Waals surface area contributed by atoms with Gasteiger partial charge in [0.2, 0.25) is 0 Å². The van der Waals surface area contributed by atoms with Crippen molar-refractivity contribution >= 4 is 28.0 Å². The molecule has 0 aliphatic heterocycles. The molecule has 1 atom stereocenters. The molecule has 0 spiro atoms. The molecule has 0 bridgehead atoms. The molecular formula is C18H26BrNO5. The monoisotopic (exact) mass is 415 g/mol. The van der Waals surface area contributed by atoms with Gasteiger partial charge in [0.25, 0.3) is 0 Å². The smallest absolute Gasteiger partial charge is 0.413 e. The zero-order valence-corrected chi connectivity index (χ0v) is 17.2. The topological polar surface area (TPSA) is 65.1 Å². The largest absolute Gasteiger partial charge is 0.467 e. The van der Waals surface area contributed by atoms with Crippen molar-refractivity contribution in [1.82, 2.24) is 4.90 Å². The van der Waals surface area contributed by atoms with Gasteiger partial charge in [0.1, 0.15) is 17.9 Å². The minimum atomic E-state index is -1.28. The molecule has 0 unspecified atom stereocenters. The number of amides is 1. The van der Waals surface area contributed by atoms with Crippen LogP contribution in [0.5, 0.6) is 0 Å². The number of benzene rings is 1. The van der Waals surface area contributed by atoms with Crippen LogP contribution in [0.3, 0.4) is 0 Å². The van der Waals surface area contributed by atoms with E-state index in [2.05, 4.69) is 15.9 Å². The predicted molar refractivity (Wildman–Crippen MR) is 98.2 cm³/mol. The second-order valence-corrected chi connectivity index (χ2v) is 7.81. The maximum atomic E-state index is 12.7. The van der Waals surface area contributed by atoms with Gasteiger partial charge in [-0.25, -0.2) is 9.59 Å². The molecule has 0 aliphatic carbocycles. The fraction of sp³-hybridized carbons (Fsp3) is 0.556. The molecule has 25 heavy (non-hydrogen) atoms. The first-order chi connectivity index (χ1) is 11.5. The number of rotatable bonds is 6. The summed E-state index contributed by atoms with van der Waals surface area (Å²) in [5, 5.41) is 0. The zero-order chi connectivity index (χ0) is 19.3. The van der Waals surface area contributed by atoms with Crippen LogP contribution in [-0.2, 0) is 25.4 Å². The van der Waals surface area contributed by atoms with Crippen molar-refractivity contribution < 1.29 is 23.8 Å². The number of carbonyl (C=O) groups excluding carboxylic acids is 2. The van der Waals surface area contributed by atoms with Gasteiger partial charge < -0.3 is 14.2 Å². The number of carbonyl (C=O) groups is 2. The Morgan fingerprint density at radius 2 is 1.64 bits per heavy atom. The van der Waals surface area contributed by atoms with Gasteiger partial charge in [-0.3, -0.25) is 4.90 Å². The van der Waals surface area contributed by atoms with Crippen LogP contribution in [0.25, 0.3) is 0 Å². The fourth-order valence-corrected chi connectivity index (χ4v) is 2.60. The summed E-state index contributed by atoms with van der Waals surface area (Å²) in [6, 6.07) is 7.51. The van der Waals surface area contributed by atoms with Gasteiger partial charge in [0.15, 0.2) is 0 Å². The SMILES string of the molecule is COCN(C(=O)OC(C)(C)C)[C@@](C)(Cc1ccc(Br)cc1)C(=O)OC. The lowest BCUT2D eigenvalue weighted by Gasteiger charge is -2.39. The quantitative estimate of drug-likeness (QED) is 0.522. The number of ether oxygens (including phenoxy) is 3. The van der Waals surface area contributed by atoms with Gasteiger partial charge >= 0.3 is 12.1 Å². The number of hydrogen-bond donors (Lipinski definition) is 0. The number of hydrogen-bond acceptors (Lipinski definition) is 5. The first-order valence-electron chi connectivity index (χ1n) is 7.86. The van der Waals surface area contributed by atoms with E-state index in [-0.39, 0.29) is 13.2 Å². The molecule has 1 amide bonds. The van der Waals surface area contributed by atoms with Crippen LogP contribution < -0.4 is 0 Å². The second-order valence-electron chi connectivity index (χ2n) is 6.89. The lowest BCUT2D eigenvalue weighted by Crippen LogP contribution is -2.58. The molecular weight excluding hydrogens is 390 g/mol. The highest BCUT2D eigenvalue weighted by Crippen LogP contribution is 2.26. The van der Waals surface area contributed by atoms with Crippen molar-refractivity contribution in [2.45, 2.75) is 45.3 Å². The van der Waals surface area contributed by atoms with E-state index in [9.17, 15) is 9.59 Å².